The molecule has 4 heteroatoms. The van der Waals surface area contributed by atoms with Gasteiger partial charge in [0.25, 0.3) is 0 Å². The number of nitrogens with zero attached hydrogens (tertiary/aromatic N) is 3. The molecule has 1 N–H and O–H groups in total. The summed E-state index contributed by atoms with van der Waals surface area (Å²) >= 11 is 0. The maximum atomic E-state index is 4.75. The molecule has 1 fully saturated rings. The monoisotopic (exact) mass is 258 g/mol. The molecule has 1 atom stereocenters. The van der Waals surface area contributed by atoms with Crippen LogP contribution in [0, 0.1) is 0 Å². The second kappa shape index (κ2) is 5.21. The molecular weight excluding hydrogens is 236 g/mol. The Morgan fingerprint density at radius 1 is 1.42 bits per heavy atom. The molecule has 0 bridgehead atoms. The van der Waals surface area contributed by atoms with Gasteiger partial charge in [-0.15, -0.1) is 0 Å². The molecule has 0 amide bonds. The highest BCUT2D eigenvalue weighted by Gasteiger charge is 2.27. The summed E-state index contributed by atoms with van der Waals surface area (Å²) in [7, 11) is 2.20. The van der Waals surface area contributed by atoms with Crippen molar-refractivity contribution in [1.82, 2.24) is 14.9 Å². The normalized spacial score (nSPS) is 20.2. The van der Waals surface area contributed by atoms with Crippen LogP contribution < -0.4 is 4.90 Å². The van der Waals surface area contributed by atoms with Crippen LogP contribution in [0.1, 0.15) is 19.8 Å². The fraction of sp³-hybridized carbons (Fsp3) is 0.533. The molecule has 102 valence electrons. The molecule has 19 heavy (non-hydrogen) atoms. The topological polar surface area (TPSA) is 35.2 Å². The molecule has 0 saturated carbocycles. The van der Waals surface area contributed by atoms with Crippen LogP contribution >= 0.6 is 0 Å². The van der Waals surface area contributed by atoms with Gasteiger partial charge in [0.1, 0.15) is 0 Å². The van der Waals surface area contributed by atoms with Crippen molar-refractivity contribution < 1.29 is 0 Å². The number of nitrogens with one attached hydrogen (secondary N) is 1. The predicted octanol–water partition coefficient (Wildman–Crippen LogP) is 2.48. The minimum absolute atomic E-state index is 0.588. The van der Waals surface area contributed by atoms with Crippen molar-refractivity contribution in [3.05, 3.63) is 24.3 Å². The van der Waals surface area contributed by atoms with E-state index in [2.05, 4.69) is 47.0 Å². The summed E-state index contributed by atoms with van der Waals surface area (Å²) in [5.41, 5.74) is 2.19. The summed E-state index contributed by atoms with van der Waals surface area (Å²) in [5.74, 6) is 1.03. The maximum Gasteiger partial charge on any atom is 0.204 e. The lowest BCUT2D eigenvalue weighted by Gasteiger charge is -2.28. The predicted molar refractivity (Wildman–Crippen MR) is 79.6 cm³/mol. The second-order valence-electron chi connectivity index (χ2n) is 5.48. The minimum Gasteiger partial charge on any atom is -0.338 e. The van der Waals surface area contributed by atoms with Gasteiger partial charge in [-0.1, -0.05) is 19.1 Å². The zero-order chi connectivity index (χ0) is 13.2. The zero-order valence-corrected chi connectivity index (χ0v) is 11.8. The molecular formula is C15H22N4. The lowest BCUT2D eigenvalue weighted by molar-refractivity contribution is 0.407. The standard InChI is InChI=1S/C15H22N4/c1-3-9-19(12-8-10-18(2)11-12)15-16-13-6-4-5-7-14(13)17-15/h4-7,12H,3,8-11H2,1-2H3,(H,16,17). The van der Waals surface area contributed by atoms with E-state index in [1.165, 1.54) is 13.0 Å². The number of hydrogen-bond donors (Lipinski definition) is 1. The van der Waals surface area contributed by atoms with Crippen molar-refractivity contribution in [3.63, 3.8) is 0 Å². The highest BCUT2D eigenvalue weighted by atomic mass is 15.3. The van der Waals surface area contributed by atoms with Gasteiger partial charge in [-0.05, 0) is 38.6 Å². The third-order valence-corrected chi connectivity index (χ3v) is 3.92. The van der Waals surface area contributed by atoms with Crippen LogP contribution in [0.2, 0.25) is 0 Å². The van der Waals surface area contributed by atoms with Gasteiger partial charge in [-0.3, -0.25) is 0 Å². The Labute approximate surface area is 114 Å². The van der Waals surface area contributed by atoms with E-state index in [1.54, 1.807) is 0 Å². The summed E-state index contributed by atoms with van der Waals surface area (Å²) in [4.78, 5) is 13.1. The Morgan fingerprint density at radius 3 is 2.95 bits per heavy atom. The lowest BCUT2D eigenvalue weighted by Crippen LogP contribution is -2.38. The number of H-pyrrole nitrogens is 1. The molecule has 2 aromatic rings. The highest BCUT2D eigenvalue weighted by molar-refractivity contribution is 5.77. The Bertz CT molecular complexity index is 515. The third kappa shape index (κ3) is 2.45. The Balaban J connectivity index is 1.90. The molecule has 4 nitrogen and oxygen atoms in total. The molecule has 1 saturated heterocycles. The molecule has 0 spiro atoms. The molecule has 1 aromatic carbocycles. The van der Waals surface area contributed by atoms with Gasteiger partial charge in [0.15, 0.2) is 0 Å². The SMILES string of the molecule is CCCN(c1nc2ccccc2[nH]1)C1CCN(C)C1. The summed E-state index contributed by atoms with van der Waals surface area (Å²) in [6.45, 7) is 5.62. The minimum atomic E-state index is 0.588. The van der Waals surface area contributed by atoms with Crippen molar-refractivity contribution in [2.45, 2.75) is 25.8 Å². The van der Waals surface area contributed by atoms with Crippen molar-refractivity contribution in [1.29, 1.82) is 0 Å². The number of likely N-dealkylation sites (N-methyl/N-ethyl adjacent to an activating group) is 1. The first-order valence-corrected chi connectivity index (χ1v) is 7.18. The van der Waals surface area contributed by atoms with E-state index >= 15 is 0 Å². The number of anilines is 1. The number of hydrogen-bond acceptors (Lipinski definition) is 3. The maximum absolute atomic E-state index is 4.75. The first-order valence-electron chi connectivity index (χ1n) is 7.18. The summed E-state index contributed by atoms with van der Waals surface area (Å²) < 4.78 is 0. The number of para-hydroxylation sites is 2. The zero-order valence-electron chi connectivity index (χ0n) is 11.8. The van der Waals surface area contributed by atoms with Crippen LogP contribution in [-0.2, 0) is 0 Å². The fourth-order valence-electron chi connectivity index (χ4n) is 2.94. The van der Waals surface area contributed by atoms with E-state index in [0.29, 0.717) is 6.04 Å². The number of imidazole rings is 1. The molecule has 0 radical (unpaired) electrons. The number of rotatable bonds is 4. The largest absolute Gasteiger partial charge is 0.338 e. The van der Waals surface area contributed by atoms with E-state index in [9.17, 15) is 0 Å². The third-order valence-electron chi connectivity index (χ3n) is 3.92. The van der Waals surface area contributed by atoms with Crippen LogP contribution in [0.15, 0.2) is 24.3 Å². The van der Waals surface area contributed by atoms with Crippen LogP contribution in [0.5, 0.6) is 0 Å². The highest BCUT2D eigenvalue weighted by Crippen LogP contribution is 2.23. The van der Waals surface area contributed by atoms with Gasteiger partial charge < -0.3 is 14.8 Å². The second-order valence-corrected chi connectivity index (χ2v) is 5.48. The Kier molecular flexibility index (Phi) is 3.42. The van der Waals surface area contributed by atoms with E-state index in [1.807, 2.05) is 6.07 Å². The van der Waals surface area contributed by atoms with Gasteiger partial charge in [0.05, 0.1) is 11.0 Å². The van der Waals surface area contributed by atoms with Gasteiger partial charge >= 0.3 is 0 Å². The van der Waals surface area contributed by atoms with Gasteiger partial charge in [0, 0.05) is 19.1 Å². The van der Waals surface area contributed by atoms with Crippen molar-refractivity contribution >= 4 is 17.0 Å². The van der Waals surface area contributed by atoms with Gasteiger partial charge in [-0.25, -0.2) is 4.98 Å². The first-order chi connectivity index (χ1) is 9.28. The fourth-order valence-corrected chi connectivity index (χ4v) is 2.94. The molecule has 1 aliphatic heterocycles. The van der Waals surface area contributed by atoms with E-state index in [4.69, 9.17) is 4.98 Å². The first kappa shape index (κ1) is 12.5. The van der Waals surface area contributed by atoms with Gasteiger partial charge in [0.2, 0.25) is 5.95 Å². The van der Waals surface area contributed by atoms with E-state index < -0.39 is 0 Å². The molecule has 1 aliphatic rings. The van der Waals surface area contributed by atoms with Crippen molar-refractivity contribution in [3.8, 4) is 0 Å². The number of likely N-dealkylation sites (tertiary alicyclic amines) is 1. The molecule has 1 aromatic heterocycles. The smallest absolute Gasteiger partial charge is 0.204 e. The lowest BCUT2D eigenvalue weighted by atomic mass is 10.2. The van der Waals surface area contributed by atoms with Crippen LogP contribution in [0.3, 0.4) is 0 Å². The number of aromatic amines is 1. The summed E-state index contributed by atoms with van der Waals surface area (Å²) in [5, 5.41) is 0. The molecule has 3 rings (SSSR count). The van der Waals surface area contributed by atoms with Gasteiger partial charge in [-0.2, -0.15) is 0 Å². The number of benzene rings is 1. The number of fused-ring (bicyclic) bond motifs is 1. The van der Waals surface area contributed by atoms with Crippen LogP contribution in [-0.4, -0.2) is 47.6 Å². The average molecular weight is 258 g/mol. The molecule has 1 unspecified atom stereocenters. The summed E-state index contributed by atoms with van der Waals surface area (Å²) in [6, 6.07) is 8.85. The molecule has 0 aliphatic carbocycles. The van der Waals surface area contributed by atoms with Crippen LogP contribution in [0.25, 0.3) is 11.0 Å². The van der Waals surface area contributed by atoms with E-state index in [0.717, 1.165) is 36.5 Å². The van der Waals surface area contributed by atoms with Crippen molar-refractivity contribution in [2.24, 2.45) is 0 Å². The average Bonchev–Trinajstić information content (AvgIpc) is 3.01. The molecule has 2 heterocycles. The quantitative estimate of drug-likeness (QED) is 0.915. The van der Waals surface area contributed by atoms with Crippen LogP contribution in [0.4, 0.5) is 5.95 Å². The Morgan fingerprint density at radius 2 is 2.26 bits per heavy atom. The van der Waals surface area contributed by atoms with Crippen molar-refractivity contribution in [2.75, 3.05) is 31.6 Å². The summed E-state index contributed by atoms with van der Waals surface area (Å²) in [6.07, 6.45) is 2.38. The number of aromatic nitrogens is 2. The Hall–Kier alpha value is -1.55. The van der Waals surface area contributed by atoms with E-state index in [-0.39, 0.29) is 0 Å².